The van der Waals surface area contributed by atoms with Crippen molar-refractivity contribution in [1.29, 1.82) is 5.41 Å². The number of aromatic nitrogens is 3. The van der Waals surface area contributed by atoms with E-state index in [-0.39, 0.29) is 23.8 Å². The predicted molar refractivity (Wildman–Crippen MR) is 77.1 cm³/mol. The molecule has 1 aromatic heterocycles. The van der Waals surface area contributed by atoms with Crippen LogP contribution in [0.5, 0.6) is 0 Å². The standard InChI is InChI=1S/C13H10FN5.ClH/c14-8-4-3-7-11(12(8)13(15)16)19-10-6-2-1-5-9(10)17-18-19;/h1-7H,(H3,15,16);1H. The van der Waals surface area contributed by atoms with Crippen LogP contribution in [0.3, 0.4) is 0 Å². The van der Waals surface area contributed by atoms with Crippen molar-refractivity contribution in [2.24, 2.45) is 5.73 Å². The zero-order chi connectivity index (χ0) is 13.4. The number of nitrogens with two attached hydrogens (primary N) is 1. The fourth-order valence-electron chi connectivity index (χ4n) is 2.00. The summed E-state index contributed by atoms with van der Waals surface area (Å²) in [5.74, 6) is -0.891. The van der Waals surface area contributed by atoms with Gasteiger partial charge in [0, 0.05) is 0 Å². The first-order valence-corrected chi connectivity index (χ1v) is 5.62. The van der Waals surface area contributed by atoms with Crippen LogP contribution < -0.4 is 5.73 Å². The molecule has 2 aromatic carbocycles. The van der Waals surface area contributed by atoms with Crippen molar-refractivity contribution in [2.75, 3.05) is 0 Å². The maximum atomic E-state index is 13.8. The van der Waals surface area contributed by atoms with Gasteiger partial charge in [0.1, 0.15) is 17.2 Å². The average molecular weight is 292 g/mol. The van der Waals surface area contributed by atoms with Crippen LogP contribution in [0, 0.1) is 11.2 Å². The molecule has 7 heteroatoms. The van der Waals surface area contributed by atoms with Gasteiger partial charge in [-0.1, -0.05) is 23.4 Å². The first-order valence-electron chi connectivity index (χ1n) is 5.62. The minimum atomic E-state index is -0.551. The molecule has 0 radical (unpaired) electrons. The van der Waals surface area contributed by atoms with Crippen molar-refractivity contribution in [3.63, 3.8) is 0 Å². The predicted octanol–water partition coefficient (Wildman–Crippen LogP) is 2.27. The highest BCUT2D eigenvalue weighted by Gasteiger charge is 2.15. The van der Waals surface area contributed by atoms with Gasteiger partial charge in [-0.2, -0.15) is 0 Å². The number of hydrogen-bond acceptors (Lipinski definition) is 3. The van der Waals surface area contributed by atoms with E-state index in [4.69, 9.17) is 11.1 Å². The van der Waals surface area contributed by atoms with Gasteiger partial charge in [0.05, 0.1) is 16.8 Å². The fourth-order valence-corrected chi connectivity index (χ4v) is 2.00. The first-order chi connectivity index (χ1) is 9.18. The number of amidine groups is 1. The van der Waals surface area contributed by atoms with Crippen molar-refractivity contribution < 1.29 is 4.39 Å². The molecule has 20 heavy (non-hydrogen) atoms. The van der Waals surface area contributed by atoms with E-state index in [0.717, 1.165) is 5.52 Å². The minimum Gasteiger partial charge on any atom is -0.384 e. The Hall–Kier alpha value is -2.47. The van der Waals surface area contributed by atoms with Crippen LogP contribution in [0.15, 0.2) is 42.5 Å². The van der Waals surface area contributed by atoms with E-state index < -0.39 is 5.82 Å². The number of rotatable bonds is 2. The monoisotopic (exact) mass is 291 g/mol. The summed E-state index contributed by atoms with van der Waals surface area (Å²) in [6.45, 7) is 0. The van der Waals surface area contributed by atoms with Gasteiger partial charge in [-0.05, 0) is 24.3 Å². The molecule has 3 aromatic rings. The molecule has 3 N–H and O–H groups in total. The molecule has 3 rings (SSSR count). The Morgan fingerprint density at radius 1 is 1.15 bits per heavy atom. The molecule has 0 spiro atoms. The number of nitrogens with zero attached hydrogens (tertiary/aromatic N) is 3. The van der Waals surface area contributed by atoms with E-state index in [1.54, 1.807) is 12.1 Å². The molecular weight excluding hydrogens is 281 g/mol. The van der Waals surface area contributed by atoms with Gasteiger partial charge in [0.15, 0.2) is 0 Å². The molecule has 102 valence electrons. The van der Waals surface area contributed by atoms with Gasteiger partial charge in [0.2, 0.25) is 0 Å². The Bertz CT molecular complexity index is 783. The van der Waals surface area contributed by atoms with E-state index in [1.807, 2.05) is 24.3 Å². The highest BCUT2D eigenvalue weighted by atomic mass is 35.5. The number of nitrogens with one attached hydrogen (secondary N) is 1. The van der Waals surface area contributed by atoms with Gasteiger partial charge >= 0.3 is 0 Å². The highest BCUT2D eigenvalue weighted by Crippen LogP contribution is 2.21. The van der Waals surface area contributed by atoms with Crippen LogP contribution in [0.1, 0.15) is 5.56 Å². The van der Waals surface area contributed by atoms with Crippen LogP contribution in [0.25, 0.3) is 16.7 Å². The second-order valence-corrected chi connectivity index (χ2v) is 4.04. The Morgan fingerprint density at radius 2 is 1.90 bits per heavy atom. The Labute approximate surface area is 120 Å². The van der Waals surface area contributed by atoms with Gasteiger partial charge in [-0.3, -0.25) is 5.41 Å². The summed E-state index contributed by atoms with van der Waals surface area (Å²) < 4.78 is 15.3. The third-order valence-corrected chi connectivity index (χ3v) is 2.84. The SMILES string of the molecule is Cl.N=C(N)c1c(F)cccc1-n1nnc2ccccc21. The van der Waals surface area contributed by atoms with Crippen molar-refractivity contribution in [3.8, 4) is 5.69 Å². The van der Waals surface area contributed by atoms with Crippen molar-refractivity contribution >= 4 is 29.3 Å². The van der Waals surface area contributed by atoms with Crippen LogP contribution in [0.2, 0.25) is 0 Å². The second kappa shape index (κ2) is 5.26. The number of fused-ring (bicyclic) bond motifs is 1. The van der Waals surface area contributed by atoms with Crippen molar-refractivity contribution in [3.05, 3.63) is 53.8 Å². The largest absolute Gasteiger partial charge is 0.384 e. The summed E-state index contributed by atoms with van der Waals surface area (Å²) in [6.07, 6.45) is 0. The molecule has 0 saturated carbocycles. The number of nitrogen functional groups attached to an aromatic ring is 1. The topological polar surface area (TPSA) is 80.6 Å². The fraction of sp³-hybridized carbons (Fsp3) is 0. The van der Waals surface area contributed by atoms with E-state index in [2.05, 4.69) is 10.3 Å². The Balaban J connectivity index is 0.00000147. The Kier molecular flexibility index (Phi) is 3.67. The maximum Gasteiger partial charge on any atom is 0.136 e. The molecule has 0 aliphatic rings. The van der Waals surface area contributed by atoms with Crippen molar-refractivity contribution in [2.45, 2.75) is 0 Å². The quantitative estimate of drug-likeness (QED) is 0.561. The summed E-state index contributed by atoms with van der Waals surface area (Å²) >= 11 is 0. The lowest BCUT2D eigenvalue weighted by Gasteiger charge is -2.09. The summed E-state index contributed by atoms with van der Waals surface area (Å²) in [7, 11) is 0. The summed E-state index contributed by atoms with van der Waals surface area (Å²) in [5, 5.41) is 15.5. The van der Waals surface area contributed by atoms with Crippen LogP contribution >= 0.6 is 12.4 Å². The van der Waals surface area contributed by atoms with E-state index in [0.29, 0.717) is 11.2 Å². The summed E-state index contributed by atoms with van der Waals surface area (Å²) in [6, 6.07) is 11.8. The smallest absolute Gasteiger partial charge is 0.136 e. The number of para-hydroxylation sites is 1. The molecule has 0 atom stereocenters. The molecular formula is C13H11ClFN5. The minimum absolute atomic E-state index is 0. The number of halogens is 2. The normalized spacial score (nSPS) is 10.2. The number of benzene rings is 2. The Morgan fingerprint density at radius 3 is 2.65 bits per heavy atom. The summed E-state index contributed by atoms with van der Waals surface area (Å²) in [5.41, 5.74) is 7.30. The lowest BCUT2D eigenvalue weighted by Crippen LogP contribution is -2.17. The molecule has 0 fully saturated rings. The van der Waals surface area contributed by atoms with E-state index in [9.17, 15) is 4.39 Å². The highest BCUT2D eigenvalue weighted by molar-refractivity contribution is 5.99. The van der Waals surface area contributed by atoms with Gasteiger partial charge < -0.3 is 5.73 Å². The molecule has 0 aliphatic heterocycles. The molecule has 0 bridgehead atoms. The van der Waals surface area contributed by atoms with Gasteiger partial charge in [0.25, 0.3) is 0 Å². The van der Waals surface area contributed by atoms with Crippen LogP contribution in [-0.4, -0.2) is 20.8 Å². The van der Waals surface area contributed by atoms with Crippen molar-refractivity contribution in [1.82, 2.24) is 15.0 Å². The molecule has 0 saturated heterocycles. The lowest BCUT2D eigenvalue weighted by molar-refractivity contribution is 0.622. The van der Waals surface area contributed by atoms with E-state index >= 15 is 0 Å². The van der Waals surface area contributed by atoms with Gasteiger partial charge in [-0.25, -0.2) is 9.07 Å². The maximum absolute atomic E-state index is 13.8. The molecule has 0 amide bonds. The zero-order valence-electron chi connectivity index (χ0n) is 10.2. The molecule has 0 unspecified atom stereocenters. The summed E-state index contributed by atoms with van der Waals surface area (Å²) in [4.78, 5) is 0. The third kappa shape index (κ3) is 2.10. The average Bonchev–Trinajstić information content (AvgIpc) is 2.81. The van der Waals surface area contributed by atoms with Crippen LogP contribution in [-0.2, 0) is 0 Å². The van der Waals surface area contributed by atoms with Gasteiger partial charge in [-0.15, -0.1) is 17.5 Å². The molecule has 0 aliphatic carbocycles. The third-order valence-electron chi connectivity index (χ3n) is 2.84. The lowest BCUT2D eigenvalue weighted by atomic mass is 10.1. The first kappa shape index (κ1) is 14.0. The van der Waals surface area contributed by atoms with Crippen LogP contribution in [0.4, 0.5) is 4.39 Å². The molecule has 5 nitrogen and oxygen atoms in total. The zero-order valence-corrected chi connectivity index (χ0v) is 11.1. The molecule has 1 heterocycles. The number of hydrogen-bond donors (Lipinski definition) is 2. The second-order valence-electron chi connectivity index (χ2n) is 4.04. The van der Waals surface area contributed by atoms with E-state index in [1.165, 1.54) is 10.7 Å².